The third-order valence-electron chi connectivity index (χ3n) is 5.93. The van der Waals surface area contributed by atoms with Crippen molar-refractivity contribution in [3.05, 3.63) is 95.1 Å². The number of pyridine rings is 1. The van der Waals surface area contributed by atoms with Crippen LogP contribution in [0, 0.1) is 17.1 Å². The summed E-state index contributed by atoms with van der Waals surface area (Å²) in [7, 11) is 0. The zero-order chi connectivity index (χ0) is 27.8. The molecule has 0 aliphatic rings. The molecule has 7 N–H and O–H groups in total. The lowest BCUT2D eigenvalue weighted by Crippen LogP contribution is -2.28. The number of benzene rings is 2. The van der Waals surface area contributed by atoms with E-state index in [0.717, 1.165) is 16.7 Å². The number of halogens is 1. The second-order valence-electron chi connectivity index (χ2n) is 8.73. The molecule has 4 aromatic rings. The summed E-state index contributed by atoms with van der Waals surface area (Å²) >= 11 is 0. The summed E-state index contributed by atoms with van der Waals surface area (Å²) in [5.74, 6) is 0.357. The van der Waals surface area contributed by atoms with E-state index in [-0.39, 0.29) is 23.0 Å². The Kier molecular flexibility index (Phi) is 8.60. The smallest absolute Gasteiger partial charge is 0.255 e. The molecule has 0 saturated heterocycles. The van der Waals surface area contributed by atoms with Gasteiger partial charge in [-0.1, -0.05) is 36.4 Å². The third kappa shape index (κ3) is 6.82. The molecular formula is C28H28FN9O. The lowest BCUT2D eigenvalue weighted by atomic mass is 10.1. The van der Waals surface area contributed by atoms with E-state index in [4.69, 9.17) is 11.5 Å². The van der Waals surface area contributed by atoms with Crippen LogP contribution >= 0.6 is 0 Å². The number of nitrogens with two attached hydrogens (primary N) is 2. The lowest BCUT2D eigenvalue weighted by Gasteiger charge is -2.16. The second kappa shape index (κ2) is 12.4. The van der Waals surface area contributed by atoms with Crippen molar-refractivity contribution in [3.8, 4) is 17.3 Å². The quantitative estimate of drug-likeness (QED) is 0.208. The Bertz CT molecular complexity index is 1480. The minimum Gasteiger partial charge on any atom is -0.381 e. The average Bonchev–Trinajstić information content (AvgIpc) is 2.96. The van der Waals surface area contributed by atoms with E-state index < -0.39 is 5.91 Å². The predicted molar refractivity (Wildman–Crippen MR) is 148 cm³/mol. The number of rotatable bonds is 10. The van der Waals surface area contributed by atoms with Crippen molar-refractivity contribution in [2.24, 2.45) is 5.73 Å². The van der Waals surface area contributed by atoms with Gasteiger partial charge in [0, 0.05) is 31.4 Å². The molecule has 0 bridgehead atoms. The number of hydrogen-bond donors (Lipinski definition) is 5. The number of amides is 1. The largest absolute Gasteiger partial charge is 0.381 e. The van der Waals surface area contributed by atoms with Gasteiger partial charge in [0.15, 0.2) is 11.6 Å². The SMILES string of the molecule is CC(NC(=O)c1cc(C#N)cnc1NCc1ccc(-c2cnc(N)c(NCCN)n2)cc1)c1ccc(F)cc1. The Balaban J connectivity index is 1.46. The van der Waals surface area contributed by atoms with Crippen LogP contribution in [0.5, 0.6) is 0 Å². The minimum absolute atomic E-state index is 0.231. The second-order valence-corrected chi connectivity index (χ2v) is 8.73. The number of carbonyl (C=O) groups is 1. The Morgan fingerprint density at radius 2 is 1.79 bits per heavy atom. The van der Waals surface area contributed by atoms with Crippen LogP contribution in [0.4, 0.5) is 21.8 Å². The van der Waals surface area contributed by atoms with Crippen molar-refractivity contribution < 1.29 is 9.18 Å². The summed E-state index contributed by atoms with van der Waals surface area (Å²) in [6.07, 6.45) is 3.01. The number of hydrogen-bond acceptors (Lipinski definition) is 9. The maximum absolute atomic E-state index is 13.3. The first-order valence-electron chi connectivity index (χ1n) is 12.2. The summed E-state index contributed by atoms with van der Waals surface area (Å²) in [4.78, 5) is 26.1. The molecule has 0 saturated carbocycles. The maximum Gasteiger partial charge on any atom is 0.255 e. The van der Waals surface area contributed by atoms with Crippen LogP contribution in [0.1, 0.15) is 40.0 Å². The first kappa shape index (κ1) is 27.0. The van der Waals surface area contributed by atoms with Crippen LogP contribution < -0.4 is 27.4 Å². The third-order valence-corrected chi connectivity index (χ3v) is 5.93. The number of nitrogens with one attached hydrogen (secondary N) is 3. The molecule has 198 valence electrons. The highest BCUT2D eigenvalue weighted by Gasteiger charge is 2.17. The first-order chi connectivity index (χ1) is 18.9. The number of anilines is 3. The molecule has 11 heteroatoms. The van der Waals surface area contributed by atoms with Crippen molar-refractivity contribution >= 4 is 23.4 Å². The topological polar surface area (TPSA) is 168 Å². The van der Waals surface area contributed by atoms with Crippen LogP contribution in [0.15, 0.2) is 67.0 Å². The molecule has 2 heterocycles. The van der Waals surface area contributed by atoms with Crippen molar-refractivity contribution in [2.75, 3.05) is 29.5 Å². The van der Waals surface area contributed by atoms with Crippen LogP contribution in [-0.4, -0.2) is 33.9 Å². The monoisotopic (exact) mass is 525 g/mol. The van der Waals surface area contributed by atoms with Gasteiger partial charge in [-0.05, 0) is 36.2 Å². The van der Waals surface area contributed by atoms with E-state index in [1.807, 2.05) is 30.3 Å². The molecule has 0 radical (unpaired) electrons. The van der Waals surface area contributed by atoms with Gasteiger partial charge < -0.3 is 27.4 Å². The van der Waals surface area contributed by atoms with Gasteiger partial charge in [0.25, 0.3) is 5.91 Å². The number of nitriles is 1. The summed E-state index contributed by atoms with van der Waals surface area (Å²) in [6.45, 7) is 3.15. The molecule has 0 aliphatic carbocycles. The Hall–Kier alpha value is -5.08. The Morgan fingerprint density at radius 1 is 1.05 bits per heavy atom. The van der Waals surface area contributed by atoms with E-state index in [0.29, 0.717) is 42.8 Å². The van der Waals surface area contributed by atoms with Crippen molar-refractivity contribution in [1.82, 2.24) is 20.3 Å². The summed E-state index contributed by atoms with van der Waals surface area (Å²) in [6, 6.07) is 16.7. The minimum atomic E-state index is -0.407. The van der Waals surface area contributed by atoms with Crippen molar-refractivity contribution in [3.63, 3.8) is 0 Å². The zero-order valence-electron chi connectivity index (χ0n) is 21.3. The molecule has 0 fully saturated rings. The fourth-order valence-corrected chi connectivity index (χ4v) is 3.79. The van der Waals surface area contributed by atoms with Gasteiger partial charge in [0.05, 0.1) is 29.1 Å². The standard InChI is InChI=1S/C28H28FN9O/c1-17(20-6-8-22(29)9-7-20)37-28(39)23-12-19(13-31)15-36-26(23)35-14-18-2-4-21(5-3-18)24-16-34-25(32)27(38-24)33-11-10-30/h2-9,12,15-17H,10-11,14,30H2,1H3,(H2,32,34)(H,33,38)(H,35,36)(H,37,39). The maximum atomic E-state index is 13.3. The van der Waals surface area contributed by atoms with E-state index in [2.05, 4.69) is 30.9 Å². The molecule has 0 aliphatic heterocycles. The molecule has 4 rings (SSSR count). The highest BCUT2D eigenvalue weighted by Crippen LogP contribution is 2.23. The highest BCUT2D eigenvalue weighted by molar-refractivity contribution is 5.99. The Labute approximate surface area is 225 Å². The number of carbonyl (C=O) groups excluding carboxylic acids is 1. The number of aromatic nitrogens is 3. The molecule has 10 nitrogen and oxygen atoms in total. The first-order valence-corrected chi connectivity index (χ1v) is 12.2. The molecule has 39 heavy (non-hydrogen) atoms. The average molecular weight is 526 g/mol. The Morgan fingerprint density at radius 3 is 2.49 bits per heavy atom. The van der Waals surface area contributed by atoms with Crippen LogP contribution in [-0.2, 0) is 6.54 Å². The van der Waals surface area contributed by atoms with Crippen molar-refractivity contribution in [1.29, 1.82) is 5.26 Å². The summed E-state index contributed by atoms with van der Waals surface area (Å²) < 4.78 is 13.3. The normalized spacial score (nSPS) is 11.3. The van der Waals surface area contributed by atoms with Gasteiger partial charge in [-0.2, -0.15) is 5.26 Å². The van der Waals surface area contributed by atoms with Gasteiger partial charge >= 0.3 is 0 Å². The fraction of sp³-hybridized carbons (Fsp3) is 0.179. The molecule has 0 spiro atoms. The lowest BCUT2D eigenvalue weighted by molar-refractivity contribution is 0.0940. The molecule has 2 aromatic carbocycles. The summed E-state index contributed by atoms with van der Waals surface area (Å²) in [5.41, 5.74) is 15.1. The summed E-state index contributed by atoms with van der Waals surface area (Å²) in [5, 5.41) is 18.4. The zero-order valence-corrected chi connectivity index (χ0v) is 21.3. The molecular weight excluding hydrogens is 497 g/mol. The van der Waals surface area contributed by atoms with E-state index in [1.54, 1.807) is 25.3 Å². The van der Waals surface area contributed by atoms with Gasteiger partial charge in [0.2, 0.25) is 0 Å². The fourth-order valence-electron chi connectivity index (χ4n) is 3.79. The molecule has 1 atom stereocenters. The highest BCUT2D eigenvalue weighted by atomic mass is 19.1. The van der Waals surface area contributed by atoms with Crippen molar-refractivity contribution in [2.45, 2.75) is 19.5 Å². The number of nitrogen functional groups attached to an aromatic ring is 1. The molecule has 1 amide bonds. The molecule has 2 aromatic heterocycles. The van der Waals surface area contributed by atoms with E-state index in [1.165, 1.54) is 24.4 Å². The van der Waals surface area contributed by atoms with Crippen LogP contribution in [0.3, 0.4) is 0 Å². The predicted octanol–water partition coefficient (Wildman–Crippen LogP) is 3.61. The van der Waals surface area contributed by atoms with Crippen LogP contribution in [0.2, 0.25) is 0 Å². The van der Waals surface area contributed by atoms with Gasteiger partial charge in [-0.25, -0.2) is 19.3 Å². The van der Waals surface area contributed by atoms with E-state index >= 15 is 0 Å². The van der Waals surface area contributed by atoms with Gasteiger partial charge in [0.1, 0.15) is 17.7 Å². The van der Waals surface area contributed by atoms with Gasteiger partial charge in [-0.15, -0.1) is 0 Å². The van der Waals surface area contributed by atoms with E-state index in [9.17, 15) is 14.4 Å². The molecule has 1 unspecified atom stereocenters. The van der Waals surface area contributed by atoms with Gasteiger partial charge in [-0.3, -0.25) is 4.79 Å². The number of nitrogens with zero attached hydrogens (tertiary/aromatic N) is 4. The van der Waals surface area contributed by atoms with Crippen LogP contribution in [0.25, 0.3) is 11.3 Å².